The molecule has 4 nitrogen and oxygen atoms in total. The van der Waals surface area contributed by atoms with E-state index in [1.807, 2.05) is 60.7 Å². The van der Waals surface area contributed by atoms with Crippen LogP contribution in [-0.2, 0) is 5.41 Å². The summed E-state index contributed by atoms with van der Waals surface area (Å²) in [6, 6.07) is 66.2. The number of fused-ring (bicyclic) bond motifs is 10. The van der Waals surface area contributed by atoms with Crippen LogP contribution in [0.15, 0.2) is 188 Å². The minimum Gasteiger partial charge on any atom is -0.457 e. The largest absolute Gasteiger partial charge is 0.457 e. The van der Waals surface area contributed by atoms with Crippen LogP contribution in [0.25, 0.3) is 67.2 Å². The molecule has 11 rings (SSSR count). The van der Waals surface area contributed by atoms with Crippen LogP contribution in [0.2, 0.25) is 0 Å². The van der Waals surface area contributed by atoms with Gasteiger partial charge in [0.2, 0.25) is 0 Å². The van der Waals surface area contributed by atoms with Crippen molar-refractivity contribution in [1.82, 2.24) is 15.0 Å². The predicted octanol–water partition coefficient (Wildman–Crippen LogP) is 12.2. The third-order valence-corrected chi connectivity index (χ3v) is 11.0. The first-order valence-corrected chi connectivity index (χ1v) is 18.3. The molecule has 1 spiro atoms. The summed E-state index contributed by atoms with van der Waals surface area (Å²) >= 11 is 0. The van der Waals surface area contributed by atoms with E-state index in [-0.39, 0.29) is 0 Å². The van der Waals surface area contributed by atoms with E-state index in [1.165, 1.54) is 22.3 Å². The maximum atomic E-state index is 6.71. The van der Waals surface area contributed by atoms with Gasteiger partial charge in [0, 0.05) is 27.8 Å². The number of benzene rings is 8. The molecular formula is C50H31N3O. The van der Waals surface area contributed by atoms with Gasteiger partial charge in [0.15, 0.2) is 17.5 Å². The highest BCUT2D eigenvalue weighted by Gasteiger charge is 2.51. The van der Waals surface area contributed by atoms with Crippen molar-refractivity contribution in [1.29, 1.82) is 0 Å². The Kier molecular flexibility index (Phi) is 6.73. The Morgan fingerprint density at radius 1 is 0.333 bits per heavy atom. The van der Waals surface area contributed by atoms with E-state index in [2.05, 4.69) is 127 Å². The zero-order valence-electron chi connectivity index (χ0n) is 29.1. The standard InChI is InChI=1S/C50H31N3O/c1-3-14-33(15-4-1)47-51-48(34-16-5-2-6-17-34)53-49(52-47)39-21-13-18-32-26-27-35(30-40(32)39)36-28-29-46-44(31-36)50(43-24-11-12-25-45(43)54-46)41-22-9-7-19-37(41)38-20-8-10-23-42(38)50/h1-31H. The molecule has 252 valence electrons. The van der Waals surface area contributed by atoms with Gasteiger partial charge in [-0.1, -0.05) is 164 Å². The second kappa shape index (κ2) is 11.9. The molecule has 4 heteroatoms. The molecule has 2 aliphatic rings. The second-order valence-electron chi connectivity index (χ2n) is 13.9. The zero-order chi connectivity index (χ0) is 35.6. The van der Waals surface area contributed by atoms with Gasteiger partial charge < -0.3 is 4.74 Å². The van der Waals surface area contributed by atoms with Crippen molar-refractivity contribution in [3.63, 3.8) is 0 Å². The predicted molar refractivity (Wildman–Crippen MR) is 216 cm³/mol. The Balaban J connectivity index is 1.11. The van der Waals surface area contributed by atoms with Crippen LogP contribution in [0.3, 0.4) is 0 Å². The summed E-state index contributed by atoms with van der Waals surface area (Å²) in [7, 11) is 0. The summed E-state index contributed by atoms with van der Waals surface area (Å²) in [6.07, 6.45) is 0. The lowest BCUT2D eigenvalue weighted by Crippen LogP contribution is -2.32. The van der Waals surface area contributed by atoms with E-state index in [4.69, 9.17) is 19.7 Å². The normalized spacial score (nSPS) is 13.1. The van der Waals surface area contributed by atoms with Crippen molar-refractivity contribution in [3.05, 3.63) is 210 Å². The average molecular weight is 690 g/mol. The molecule has 0 fully saturated rings. The SMILES string of the molecule is c1ccc(-c2nc(-c3ccccc3)nc(-c3cccc4ccc(-c5ccc6c(c5)C5(c7ccccc7O6)c6ccccc6-c6ccccc65)cc34)n2)cc1. The highest BCUT2D eigenvalue weighted by molar-refractivity contribution is 5.98. The lowest BCUT2D eigenvalue weighted by molar-refractivity contribution is 0.436. The smallest absolute Gasteiger partial charge is 0.164 e. The number of hydrogen-bond donors (Lipinski definition) is 0. The fraction of sp³-hybridized carbons (Fsp3) is 0.0200. The molecule has 54 heavy (non-hydrogen) atoms. The van der Waals surface area contributed by atoms with Crippen molar-refractivity contribution >= 4 is 10.8 Å². The fourth-order valence-corrected chi connectivity index (χ4v) is 8.61. The minimum atomic E-state index is -0.526. The summed E-state index contributed by atoms with van der Waals surface area (Å²) in [4.78, 5) is 15.1. The average Bonchev–Trinajstić information content (AvgIpc) is 3.54. The molecule has 0 saturated carbocycles. The van der Waals surface area contributed by atoms with Gasteiger partial charge in [-0.25, -0.2) is 15.0 Å². The number of rotatable bonds is 4. The molecule has 0 saturated heterocycles. The van der Waals surface area contributed by atoms with Crippen molar-refractivity contribution in [2.24, 2.45) is 0 Å². The number of para-hydroxylation sites is 1. The monoisotopic (exact) mass is 689 g/mol. The number of hydrogen-bond acceptors (Lipinski definition) is 4. The number of ether oxygens (including phenoxy) is 1. The summed E-state index contributed by atoms with van der Waals surface area (Å²) in [6.45, 7) is 0. The van der Waals surface area contributed by atoms with Crippen molar-refractivity contribution in [2.45, 2.75) is 5.41 Å². The molecule has 0 atom stereocenters. The van der Waals surface area contributed by atoms with Gasteiger partial charge in [0.1, 0.15) is 11.5 Å². The molecule has 0 bridgehead atoms. The highest BCUT2D eigenvalue weighted by atomic mass is 16.5. The van der Waals surface area contributed by atoms with Gasteiger partial charge in [0.05, 0.1) is 5.41 Å². The summed E-state index contributed by atoms with van der Waals surface area (Å²) in [5.74, 6) is 3.69. The Bertz CT molecular complexity index is 2820. The minimum absolute atomic E-state index is 0.526. The van der Waals surface area contributed by atoms with Crippen LogP contribution in [0.4, 0.5) is 0 Å². The van der Waals surface area contributed by atoms with E-state index < -0.39 is 5.41 Å². The van der Waals surface area contributed by atoms with Crippen LogP contribution < -0.4 is 4.74 Å². The number of nitrogens with zero attached hydrogens (tertiary/aromatic N) is 3. The molecule has 1 aromatic heterocycles. The van der Waals surface area contributed by atoms with E-state index in [0.29, 0.717) is 17.5 Å². The highest BCUT2D eigenvalue weighted by Crippen LogP contribution is 2.62. The first kappa shape index (κ1) is 30.5. The number of aromatic nitrogens is 3. The molecule has 0 radical (unpaired) electrons. The molecule has 1 aliphatic heterocycles. The second-order valence-corrected chi connectivity index (χ2v) is 13.9. The molecule has 0 amide bonds. The van der Waals surface area contributed by atoms with Crippen molar-refractivity contribution in [2.75, 3.05) is 0 Å². The topological polar surface area (TPSA) is 47.9 Å². The van der Waals surface area contributed by atoms with Crippen LogP contribution in [0.1, 0.15) is 22.3 Å². The third-order valence-electron chi connectivity index (χ3n) is 11.0. The zero-order valence-corrected chi connectivity index (χ0v) is 29.1. The van der Waals surface area contributed by atoms with Crippen LogP contribution in [-0.4, -0.2) is 15.0 Å². The van der Waals surface area contributed by atoms with Crippen LogP contribution >= 0.6 is 0 Å². The molecule has 8 aromatic carbocycles. The maximum Gasteiger partial charge on any atom is 0.164 e. The van der Waals surface area contributed by atoms with Gasteiger partial charge in [-0.15, -0.1) is 0 Å². The first-order valence-electron chi connectivity index (χ1n) is 18.3. The van der Waals surface area contributed by atoms with Gasteiger partial charge in [-0.2, -0.15) is 0 Å². The summed E-state index contributed by atoms with van der Waals surface area (Å²) < 4.78 is 6.71. The lowest BCUT2D eigenvalue weighted by atomic mass is 9.66. The molecule has 0 N–H and O–H groups in total. The first-order chi connectivity index (χ1) is 26.8. The lowest BCUT2D eigenvalue weighted by Gasteiger charge is -2.39. The van der Waals surface area contributed by atoms with Gasteiger partial charge in [-0.3, -0.25) is 0 Å². The van der Waals surface area contributed by atoms with E-state index in [9.17, 15) is 0 Å². The van der Waals surface area contributed by atoms with Crippen molar-refractivity contribution < 1.29 is 4.74 Å². The van der Waals surface area contributed by atoms with Crippen molar-refractivity contribution in [3.8, 4) is 67.9 Å². The van der Waals surface area contributed by atoms with E-state index >= 15 is 0 Å². The molecular weight excluding hydrogens is 659 g/mol. The quantitative estimate of drug-likeness (QED) is 0.185. The van der Waals surface area contributed by atoms with Gasteiger partial charge >= 0.3 is 0 Å². The molecule has 0 unspecified atom stereocenters. The Hall–Kier alpha value is -7.17. The Morgan fingerprint density at radius 3 is 1.54 bits per heavy atom. The molecule has 2 heterocycles. The molecule has 1 aliphatic carbocycles. The Labute approximate surface area is 313 Å². The maximum absolute atomic E-state index is 6.71. The summed E-state index contributed by atoms with van der Waals surface area (Å²) in [5.41, 5.74) is 11.9. The summed E-state index contributed by atoms with van der Waals surface area (Å²) in [5, 5.41) is 2.19. The molecule has 9 aromatic rings. The third kappa shape index (κ3) is 4.53. The van der Waals surface area contributed by atoms with Gasteiger partial charge in [-0.05, 0) is 68.4 Å². The van der Waals surface area contributed by atoms with E-state index in [1.54, 1.807) is 0 Å². The van der Waals surface area contributed by atoms with Crippen LogP contribution in [0, 0.1) is 0 Å². The van der Waals surface area contributed by atoms with Crippen LogP contribution in [0.5, 0.6) is 11.5 Å². The fourth-order valence-electron chi connectivity index (χ4n) is 8.61. The van der Waals surface area contributed by atoms with Gasteiger partial charge in [0.25, 0.3) is 0 Å². The Morgan fingerprint density at radius 2 is 0.852 bits per heavy atom. The van der Waals surface area contributed by atoms with E-state index in [0.717, 1.165) is 61.2 Å².